The van der Waals surface area contributed by atoms with Gasteiger partial charge in [0.1, 0.15) is 5.15 Å². The molecular formula is C19H23ClN4. The highest BCUT2D eigenvalue weighted by Gasteiger charge is 2.18. The molecule has 24 heavy (non-hydrogen) atoms. The van der Waals surface area contributed by atoms with Gasteiger partial charge in [0.15, 0.2) is 0 Å². The maximum absolute atomic E-state index is 6.26. The topological polar surface area (TPSA) is 41.1 Å². The van der Waals surface area contributed by atoms with Gasteiger partial charge in [0.2, 0.25) is 5.95 Å². The van der Waals surface area contributed by atoms with Crippen molar-refractivity contribution in [3.05, 3.63) is 51.8 Å². The monoisotopic (exact) mass is 342 g/mol. The van der Waals surface area contributed by atoms with Crippen LogP contribution < -0.4 is 5.32 Å². The molecule has 2 aromatic rings. The fourth-order valence-corrected chi connectivity index (χ4v) is 4.00. The summed E-state index contributed by atoms with van der Waals surface area (Å²) < 4.78 is 0. The lowest BCUT2D eigenvalue weighted by atomic mass is 10.00. The van der Waals surface area contributed by atoms with Crippen molar-refractivity contribution in [2.75, 3.05) is 25.0 Å². The van der Waals surface area contributed by atoms with Gasteiger partial charge < -0.3 is 5.32 Å². The zero-order chi connectivity index (χ0) is 16.4. The van der Waals surface area contributed by atoms with Crippen molar-refractivity contribution in [1.29, 1.82) is 0 Å². The van der Waals surface area contributed by atoms with Crippen LogP contribution in [0.1, 0.15) is 35.2 Å². The van der Waals surface area contributed by atoms with Crippen LogP contribution in [0.4, 0.5) is 5.95 Å². The average molecular weight is 343 g/mol. The van der Waals surface area contributed by atoms with Crippen LogP contribution in [0.2, 0.25) is 5.15 Å². The summed E-state index contributed by atoms with van der Waals surface area (Å²) in [6.45, 7) is 4.20. The van der Waals surface area contributed by atoms with Gasteiger partial charge in [0.25, 0.3) is 0 Å². The number of nitrogens with zero attached hydrogens (tertiary/aromatic N) is 3. The molecule has 0 atom stereocenters. The second kappa shape index (κ2) is 7.08. The van der Waals surface area contributed by atoms with E-state index in [0.29, 0.717) is 11.1 Å². The smallest absolute Gasteiger partial charge is 0.224 e. The lowest BCUT2D eigenvalue weighted by Gasteiger charge is -2.28. The summed E-state index contributed by atoms with van der Waals surface area (Å²) in [6, 6.07) is 8.78. The highest BCUT2D eigenvalue weighted by atomic mass is 35.5. The Balaban J connectivity index is 1.26. The molecule has 126 valence electrons. The molecular weight excluding hydrogens is 320 g/mol. The molecule has 1 aliphatic heterocycles. The van der Waals surface area contributed by atoms with Gasteiger partial charge in [0.05, 0.1) is 5.69 Å². The lowest BCUT2D eigenvalue weighted by molar-refractivity contribution is 0.253. The second-order valence-electron chi connectivity index (χ2n) is 6.69. The summed E-state index contributed by atoms with van der Waals surface area (Å²) in [5.41, 5.74) is 5.26. The number of rotatable bonds is 5. The van der Waals surface area contributed by atoms with E-state index in [1.165, 1.54) is 11.1 Å². The minimum Gasteiger partial charge on any atom is -0.354 e. The summed E-state index contributed by atoms with van der Waals surface area (Å²) >= 11 is 6.26. The van der Waals surface area contributed by atoms with Gasteiger partial charge >= 0.3 is 0 Å². The number of halogens is 1. The van der Waals surface area contributed by atoms with Crippen LogP contribution in [0, 0.1) is 0 Å². The molecule has 0 saturated carbocycles. The van der Waals surface area contributed by atoms with E-state index in [9.17, 15) is 0 Å². The van der Waals surface area contributed by atoms with E-state index >= 15 is 0 Å². The van der Waals surface area contributed by atoms with E-state index in [4.69, 9.17) is 11.6 Å². The number of hydrogen-bond donors (Lipinski definition) is 1. The van der Waals surface area contributed by atoms with Gasteiger partial charge in [-0.25, -0.2) is 9.97 Å². The molecule has 0 fully saturated rings. The van der Waals surface area contributed by atoms with E-state index in [-0.39, 0.29) is 0 Å². The predicted molar refractivity (Wildman–Crippen MR) is 97.6 cm³/mol. The lowest BCUT2D eigenvalue weighted by Crippen LogP contribution is -2.32. The molecule has 4 rings (SSSR count). The molecule has 2 aliphatic rings. The van der Waals surface area contributed by atoms with Crippen LogP contribution in [0.3, 0.4) is 0 Å². The molecule has 2 heterocycles. The summed E-state index contributed by atoms with van der Waals surface area (Å²) in [5, 5.41) is 3.97. The molecule has 0 saturated heterocycles. The number of anilines is 1. The fraction of sp³-hybridized carbons (Fsp3) is 0.474. The molecule has 4 nitrogen and oxygen atoms in total. The van der Waals surface area contributed by atoms with E-state index in [2.05, 4.69) is 44.5 Å². The predicted octanol–water partition coefficient (Wildman–Crippen LogP) is 3.48. The number of hydrogen-bond acceptors (Lipinski definition) is 4. The van der Waals surface area contributed by atoms with Crippen LogP contribution >= 0.6 is 11.6 Å². The van der Waals surface area contributed by atoms with Gasteiger partial charge in [-0.3, -0.25) is 4.90 Å². The standard InChI is InChI=1S/C19H23ClN4/c20-18-16-7-3-8-17(16)22-19(23-18)21-10-4-11-24-12-9-14-5-1-2-6-15(14)13-24/h1-2,5-6H,3-4,7-13H2,(H,21,22,23). The van der Waals surface area contributed by atoms with Crippen molar-refractivity contribution in [2.45, 2.75) is 38.6 Å². The Bertz CT molecular complexity index is 731. The minimum atomic E-state index is 0.632. The molecule has 1 aromatic carbocycles. The van der Waals surface area contributed by atoms with Crippen LogP contribution in [-0.4, -0.2) is 34.5 Å². The molecule has 0 spiro atoms. The summed E-state index contributed by atoms with van der Waals surface area (Å²) in [7, 11) is 0. The van der Waals surface area contributed by atoms with Gasteiger partial charge in [-0.15, -0.1) is 0 Å². The van der Waals surface area contributed by atoms with E-state index in [1.54, 1.807) is 0 Å². The first-order chi connectivity index (χ1) is 11.8. The molecule has 1 N–H and O–H groups in total. The summed E-state index contributed by atoms with van der Waals surface area (Å²) in [5.74, 6) is 0.685. The van der Waals surface area contributed by atoms with Gasteiger partial charge in [0, 0.05) is 31.7 Å². The molecule has 0 unspecified atom stereocenters. The van der Waals surface area contributed by atoms with Crippen LogP contribution in [-0.2, 0) is 25.8 Å². The molecule has 0 amide bonds. The SMILES string of the molecule is Clc1nc(NCCCN2CCc3ccccc3C2)nc2c1CCC2. The molecule has 5 heteroatoms. The number of aromatic nitrogens is 2. The Labute approximate surface area is 148 Å². The Morgan fingerprint density at radius 3 is 2.88 bits per heavy atom. The fourth-order valence-electron chi connectivity index (χ4n) is 3.71. The van der Waals surface area contributed by atoms with Gasteiger partial charge in [-0.2, -0.15) is 0 Å². The third-order valence-electron chi connectivity index (χ3n) is 5.03. The quantitative estimate of drug-likeness (QED) is 0.667. The van der Waals surface area contributed by atoms with Crippen LogP contribution in [0.5, 0.6) is 0 Å². The van der Waals surface area contributed by atoms with Crippen molar-refractivity contribution in [3.63, 3.8) is 0 Å². The third-order valence-corrected chi connectivity index (χ3v) is 5.34. The Morgan fingerprint density at radius 2 is 1.96 bits per heavy atom. The zero-order valence-corrected chi connectivity index (χ0v) is 14.6. The number of nitrogens with one attached hydrogen (secondary N) is 1. The van der Waals surface area contributed by atoms with Crippen LogP contribution in [0.15, 0.2) is 24.3 Å². The second-order valence-corrected chi connectivity index (χ2v) is 7.05. The van der Waals surface area contributed by atoms with Crippen molar-refractivity contribution in [1.82, 2.24) is 14.9 Å². The Morgan fingerprint density at radius 1 is 1.08 bits per heavy atom. The Kier molecular flexibility index (Phi) is 4.67. The average Bonchev–Trinajstić information content (AvgIpc) is 3.08. The first-order valence-corrected chi connectivity index (χ1v) is 9.26. The normalized spacial score (nSPS) is 16.7. The number of benzene rings is 1. The van der Waals surface area contributed by atoms with Crippen molar-refractivity contribution in [3.8, 4) is 0 Å². The minimum absolute atomic E-state index is 0.632. The van der Waals surface area contributed by atoms with Crippen molar-refractivity contribution in [2.24, 2.45) is 0 Å². The number of aryl methyl sites for hydroxylation is 1. The summed E-state index contributed by atoms with van der Waals surface area (Å²) in [4.78, 5) is 11.5. The largest absolute Gasteiger partial charge is 0.354 e. The Hall–Kier alpha value is -1.65. The van der Waals surface area contributed by atoms with Gasteiger partial charge in [-0.05, 0) is 43.2 Å². The molecule has 0 radical (unpaired) electrons. The molecule has 1 aromatic heterocycles. The van der Waals surface area contributed by atoms with E-state index < -0.39 is 0 Å². The maximum atomic E-state index is 6.26. The first-order valence-electron chi connectivity index (χ1n) is 8.88. The molecule has 0 bridgehead atoms. The van der Waals surface area contributed by atoms with Crippen molar-refractivity contribution < 1.29 is 0 Å². The third kappa shape index (κ3) is 3.40. The zero-order valence-electron chi connectivity index (χ0n) is 13.9. The van der Waals surface area contributed by atoms with Crippen molar-refractivity contribution >= 4 is 17.5 Å². The maximum Gasteiger partial charge on any atom is 0.224 e. The number of fused-ring (bicyclic) bond motifs is 2. The van der Waals surface area contributed by atoms with E-state index in [1.807, 2.05) is 0 Å². The van der Waals surface area contributed by atoms with Gasteiger partial charge in [-0.1, -0.05) is 35.9 Å². The summed E-state index contributed by atoms with van der Waals surface area (Å²) in [6.07, 6.45) is 5.43. The van der Waals surface area contributed by atoms with E-state index in [0.717, 1.165) is 69.5 Å². The van der Waals surface area contributed by atoms with Crippen LogP contribution in [0.25, 0.3) is 0 Å². The molecule has 1 aliphatic carbocycles. The highest BCUT2D eigenvalue weighted by Crippen LogP contribution is 2.27. The first kappa shape index (κ1) is 15.9. The highest BCUT2D eigenvalue weighted by molar-refractivity contribution is 6.30.